The van der Waals surface area contributed by atoms with Crippen LogP contribution in [0.3, 0.4) is 0 Å². The lowest BCUT2D eigenvalue weighted by molar-refractivity contribution is -0.603. The summed E-state index contributed by atoms with van der Waals surface area (Å²) in [6.45, 7) is 6.00. The Hall–Kier alpha value is -4.08. The zero-order valence-corrected chi connectivity index (χ0v) is 20.0. The fraction of sp³-hybridized carbons (Fsp3) is 0.360. The highest BCUT2D eigenvalue weighted by Crippen LogP contribution is 2.23. The molecule has 2 amide bonds. The van der Waals surface area contributed by atoms with Crippen LogP contribution in [-0.2, 0) is 27.4 Å². The van der Waals surface area contributed by atoms with Gasteiger partial charge in [0, 0.05) is 24.8 Å². The Morgan fingerprint density at radius 1 is 1.09 bits per heavy atom. The summed E-state index contributed by atoms with van der Waals surface area (Å²) in [5, 5.41) is 12.3. The lowest BCUT2D eigenvalue weighted by Crippen LogP contribution is -2.52. The Labute approximate surface area is 202 Å². The molecule has 10 nitrogen and oxygen atoms in total. The number of amides is 2. The molecule has 0 saturated carbocycles. The number of fused-ring (bicyclic) bond motifs is 1. The van der Waals surface area contributed by atoms with Crippen LogP contribution in [-0.4, -0.2) is 57.7 Å². The maximum Gasteiger partial charge on any atom is 0.419 e. The lowest BCUT2D eigenvalue weighted by atomic mass is 10.2. The Morgan fingerprint density at radius 2 is 1.83 bits per heavy atom. The number of rotatable bonds is 4. The van der Waals surface area contributed by atoms with Gasteiger partial charge < -0.3 is 19.6 Å². The molecule has 0 atom stereocenters. The van der Waals surface area contributed by atoms with Gasteiger partial charge in [0.15, 0.2) is 12.4 Å². The van der Waals surface area contributed by atoms with Crippen molar-refractivity contribution in [2.45, 2.75) is 39.5 Å². The van der Waals surface area contributed by atoms with Gasteiger partial charge in [0.1, 0.15) is 18.8 Å². The van der Waals surface area contributed by atoms with E-state index in [0.29, 0.717) is 27.9 Å². The highest BCUT2D eigenvalue weighted by atomic mass is 16.6. The lowest BCUT2D eigenvalue weighted by Gasteiger charge is -2.33. The minimum atomic E-state index is -0.722. The molecule has 1 aromatic carbocycles. The van der Waals surface area contributed by atoms with E-state index in [1.165, 1.54) is 27.9 Å². The van der Waals surface area contributed by atoms with Gasteiger partial charge in [-0.1, -0.05) is 30.3 Å². The van der Waals surface area contributed by atoms with Crippen LogP contribution in [0.1, 0.15) is 32.0 Å². The van der Waals surface area contributed by atoms with Crippen LogP contribution >= 0.6 is 0 Å². The number of piperazine rings is 1. The van der Waals surface area contributed by atoms with Crippen LogP contribution in [0.15, 0.2) is 54.9 Å². The number of hydrogen-bond donors (Lipinski definition) is 0. The summed E-state index contributed by atoms with van der Waals surface area (Å²) in [4.78, 5) is 41.2. The van der Waals surface area contributed by atoms with Gasteiger partial charge in [0.05, 0.1) is 17.4 Å². The van der Waals surface area contributed by atoms with Crippen molar-refractivity contribution >= 4 is 29.0 Å². The van der Waals surface area contributed by atoms with E-state index >= 15 is 0 Å². The summed E-state index contributed by atoms with van der Waals surface area (Å²) in [6, 6.07) is 12.5. The van der Waals surface area contributed by atoms with Gasteiger partial charge in [-0.3, -0.25) is 9.69 Å². The first-order valence-electron chi connectivity index (χ1n) is 11.3. The Bertz CT molecular complexity index is 1250. The molecule has 2 aromatic heterocycles. The second-order valence-corrected chi connectivity index (χ2v) is 9.37. The highest BCUT2D eigenvalue weighted by molar-refractivity contribution is 5.90. The van der Waals surface area contributed by atoms with Gasteiger partial charge in [0.25, 0.3) is 0 Å². The first kappa shape index (κ1) is 24.1. The molecule has 4 rings (SSSR count). The number of nitrogens with zero attached hydrogens (tertiary/aromatic N) is 4. The Kier molecular flexibility index (Phi) is 6.63. The van der Waals surface area contributed by atoms with Crippen molar-refractivity contribution in [3.63, 3.8) is 0 Å². The third kappa shape index (κ3) is 5.71. The summed E-state index contributed by atoms with van der Waals surface area (Å²) < 4.78 is 12.9. The largest absolute Gasteiger partial charge is 0.619 e. The molecule has 1 saturated heterocycles. The molecule has 3 aromatic rings. The van der Waals surface area contributed by atoms with E-state index in [9.17, 15) is 19.6 Å². The molecular weight excluding hydrogens is 452 g/mol. The van der Waals surface area contributed by atoms with E-state index in [1.54, 1.807) is 31.7 Å². The molecule has 3 heterocycles. The second-order valence-electron chi connectivity index (χ2n) is 9.37. The molecule has 0 unspecified atom stereocenters. The maximum absolute atomic E-state index is 13.0. The minimum absolute atomic E-state index is 0.124. The van der Waals surface area contributed by atoms with Crippen molar-refractivity contribution in [2.24, 2.45) is 0 Å². The standard InChI is InChI=1S/C25H28N4O6/c1-25(2,3)35-24(32)29-20(13-19-14-28(33)10-9-21(19)29)15-26-11-12-27(16-22(26)30)23(31)34-17-18-7-5-4-6-8-18/h4-10,13-14H,11-12,15-17H2,1-3H3. The van der Waals surface area contributed by atoms with Crippen LogP contribution in [0.5, 0.6) is 0 Å². The first-order valence-corrected chi connectivity index (χ1v) is 11.3. The molecule has 0 N–H and O–H groups in total. The topological polar surface area (TPSA) is 108 Å². The third-order valence-electron chi connectivity index (χ3n) is 5.50. The predicted molar refractivity (Wildman–Crippen MR) is 126 cm³/mol. The fourth-order valence-corrected chi connectivity index (χ4v) is 3.88. The van der Waals surface area contributed by atoms with Gasteiger partial charge in [-0.15, -0.1) is 0 Å². The Morgan fingerprint density at radius 3 is 2.51 bits per heavy atom. The normalized spacial score (nSPS) is 14.3. The number of carbonyl (C=O) groups is 3. The van der Waals surface area contributed by atoms with Crippen molar-refractivity contribution in [3.05, 3.63) is 71.3 Å². The van der Waals surface area contributed by atoms with Crippen molar-refractivity contribution in [1.82, 2.24) is 14.4 Å². The number of benzene rings is 1. The predicted octanol–water partition coefficient (Wildman–Crippen LogP) is 3.04. The van der Waals surface area contributed by atoms with Gasteiger partial charge in [-0.05, 0) is 32.4 Å². The maximum atomic E-state index is 13.0. The Balaban J connectivity index is 1.46. The van der Waals surface area contributed by atoms with Crippen molar-refractivity contribution in [1.29, 1.82) is 0 Å². The summed E-state index contributed by atoms with van der Waals surface area (Å²) in [5.41, 5.74) is 1.16. The van der Waals surface area contributed by atoms with Crippen LogP contribution in [0.4, 0.5) is 9.59 Å². The van der Waals surface area contributed by atoms with Crippen LogP contribution in [0.25, 0.3) is 10.9 Å². The average molecular weight is 481 g/mol. The van der Waals surface area contributed by atoms with Gasteiger partial charge in [-0.2, -0.15) is 4.73 Å². The van der Waals surface area contributed by atoms with Gasteiger partial charge in [-0.25, -0.2) is 14.2 Å². The van der Waals surface area contributed by atoms with Gasteiger partial charge >= 0.3 is 12.2 Å². The monoisotopic (exact) mass is 480 g/mol. The van der Waals surface area contributed by atoms with E-state index in [1.807, 2.05) is 30.3 Å². The molecule has 1 aliphatic heterocycles. The smallest absolute Gasteiger partial charge is 0.419 e. The number of ether oxygens (including phenoxy) is 2. The van der Waals surface area contributed by atoms with Crippen LogP contribution in [0, 0.1) is 5.21 Å². The number of pyridine rings is 1. The molecule has 0 aliphatic carbocycles. The van der Waals surface area contributed by atoms with Crippen molar-refractivity contribution in [2.75, 3.05) is 19.6 Å². The summed E-state index contributed by atoms with van der Waals surface area (Å²) >= 11 is 0. The molecule has 0 radical (unpaired) electrons. The SMILES string of the molecule is CC(C)(C)OC(=O)n1c(CN2CCN(C(=O)OCc3ccccc3)CC2=O)cc2c[n+]([O-])ccc21. The number of aromatic nitrogens is 2. The van der Waals surface area contributed by atoms with E-state index in [2.05, 4.69) is 0 Å². The highest BCUT2D eigenvalue weighted by Gasteiger charge is 2.30. The van der Waals surface area contributed by atoms with E-state index in [-0.39, 0.29) is 32.1 Å². The minimum Gasteiger partial charge on any atom is -0.619 e. The average Bonchev–Trinajstić information content (AvgIpc) is 3.15. The molecule has 0 bridgehead atoms. The van der Waals surface area contributed by atoms with Crippen LogP contribution in [0.2, 0.25) is 0 Å². The van der Waals surface area contributed by atoms with Gasteiger partial charge in [0.2, 0.25) is 5.91 Å². The first-order chi connectivity index (χ1) is 16.6. The molecule has 184 valence electrons. The van der Waals surface area contributed by atoms with Crippen molar-refractivity contribution in [3.8, 4) is 0 Å². The fourth-order valence-electron chi connectivity index (χ4n) is 3.88. The van der Waals surface area contributed by atoms with Crippen molar-refractivity contribution < 1.29 is 28.6 Å². The molecular formula is C25H28N4O6. The molecule has 10 heteroatoms. The molecule has 0 spiro atoms. The van der Waals surface area contributed by atoms with Crippen LogP contribution < -0.4 is 4.73 Å². The zero-order chi connectivity index (χ0) is 25.2. The molecule has 1 fully saturated rings. The molecule has 35 heavy (non-hydrogen) atoms. The van der Waals surface area contributed by atoms with E-state index in [4.69, 9.17) is 9.47 Å². The van der Waals surface area contributed by atoms with E-state index < -0.39 is 17.8 Å². The summed E-state index contributed by atoms with van der Waals surface area (Å²) in [5.74, 6) is -0.271. The second kappa shape index (κ2) is 9.65. The number of hydrogen-bond acceptors (Lipinski definition) is 6. The third-order valence-corrected chi connectivity index (χ3v) is 5.50. The quantitative estimate of drug-likeness (QED) is 0.420. The van der Waals surface area contributed by atoms with E-state index in [0.717, 1.165) is 5.56 Å². The zero-order valence-electron chi connectivity index (χ0n) is 20.0. The number of carbonyl (C=O) groups excluding carboxylic acids is 3. The summed E-state index contributed by atoms with van der Waals surface area (Å²) in [6.07, 6.45) is 1.52. The molecule has 1 aliphatic rings. The summed E-state index contributed by atoms with van der Waals surface area (Å²) in [7, 11) is 0.